The van der Waals surface area contributed by atoms with Gasteiger partial charge in [0, 0.05) is 27.1 Å². The number of thiophene rings is 1. The zero-order valence-corrected chi connectivity index (χ0v) is 14.4. The minimum Gasteiger partial charge on any atom is -0.349 e. The van der Waals surface area contributed by atoms with Crippen molar-refractivity contribution < 1.29 is 9.59 Å². The van der Waals surface area contributed by atoms with Crippen molar-refractivity contribution in [1.29, 1.82) is 0 Å². The molecule has 1 fully saturated rings. The van der Waals surface area contributed by atoms with Gasteiger partial charge in [-0.2, -0.15) is 0 Å². The summed E-state index contributed by atoms with van der Waals surface area (Å²) >= 11 is 4.71. The number of rotatable bonds is 4. The first-order valence-electron chi connectivity index (χ1n) is 7.00. The van der Waals surface area contributed by atoms with Gasteiger partial charge in [-0.1, -0.05) is 6.07 Å². The van der Waals surface area contributed by atoms with Crippen LogP contribution in [0.1, 0.15) is 38.4 Å². The van der Waals surface area contributed by atoms with Gasteiger partial charge in [-0.3, -0.25) is 9.59 Å². The molecule has 22 heavy (non-hydrogen) atoms. The molecular weight excluding hydrogens is 364 g/mol. The molecule has 0 bridgehead atoms. The Kier molecular flexibility index (Phi) is 4.31. The van der Waals surface area contributed by atoms with Crippen LogP contribution in [-0.4, -0.2) is 17.9 Å². The summed E-state index contributed by atoms with van der Waals surface area (Å²) in [6.45, 7) is 1.91. The fourth-order valence-corrected chi connectivity index (χ4v) is 3.33. The molecule has 1 aromatic carbocycles. The second-order valence-corrected chi connectivity index (χ2v) is 7.19. The fourth-order valence-electron chi connectivity index (χ4n) is 2.01. The Morgan fingerprint density at radius 1 is 1.23 bits per heavy atom. The van der Waals surface area contributed by atoms with Crippen molar-refractivity contribution in [2.75, 3.05) is 5.32 Å². The van der Waals surface area contributed by atoms with E-state index in [2.05, 4.69) is 26.6 Å². The van der Waals surface area contributed by atoms with Gasteiger partial charge in [0.25, 0.3) is 11.8 Å². The molecule has 0 saturated heterocycles. The lowest BCUT2D eigenvalue weighted by molar-refractivity contribution is 0.0949. The molecule has 1 aliphatic rings. The molecule has 0 radical (unpaired) electrons. The van der Waals surface area contributed by atoms with Gasteiger partial charge in [0.05, 0.1) is 4.88 Å². The lowest BCUT2D eigenvalue weighted by Crippen LogP contribution is -2.25. The Bertz CT molecular complexity index is 737. The summed E-state index contributed by atoms with van der Waals surface area (Å²) in [5, 5.41) is 7.69. The Balaban J connectivity index is 1.77. The van der Waals surface area contributed by atoms with Gasteiger partial charge in [-0.05, 0) is 59.5 Å². The fraction of sp³-hybridized carbons (Fsp3) is 0.250. The van der Waals surface area contributed by atoms with E-state index in [0.29, 0.717) is 22.2 Å². The molecule has 3 rings (SSSR count). The highest BCUT2D eigenvalue weighted by Crippen LogP contribution is 2.24. The van der Waals surface area contributed by atoms with E-state index in [-0.39, 0.29) is 11.8 Å². The van der Waals surface area contributed by atoms with Crippen molar-refractivity contribution >= 4 is 44.8 Å². The Labute approximate surface area is 141 Å². The summed E-state index contributed by atoms with van der Waals surface area (Å²) in [7, 11) is 0. The van der Waals surface area contributed by atoms with E-state index in [9.17, 15) is 9.59 Å². The Hall–Kier alpha value is -1.66. The first-order valence-corrected chi connectivity index (χ1v) is 8.67. The number of hydrogen-bond donors (Lipinski definition) is 2. The van der Waals surface area contributed by atoms with Gasteiger partial charge in [-0.25, -0.2) is 0 Å². The lowest BCUT2D eigenvalue weighted by Gasteiger charge is -2.10. The van der Waals surface area contributed by atoms with E-state index in [4.69, 9.17) is 0 Å². The average molecular weight is 379 g/mol. The zero-order chi connectivity index (χ0) is 15.7. The van der Waals surface area contributed by atoms with Gasteiger partial charge in [0.2, 0.25) is 0 Å². The van der Waals surface area contributed by atoms with Crippen LogP contribution < -0.4 is 10.6 Å². The molecule has 4 nitrogen and oxygen atoms in total. The van der Waals surface area contributed by atoms with Gasteiger partial charge in [0.1, 0.15) is 0 Å². The van der Waals surface area contributed by atoms with Crippen molar-refractivity contribution in [2.45, 2.75) is 25.8 Å². The number of carbonyl (C=O) groups is 2. The molecule has 2 amide bonds. The average Bonchev–Trinajstić information content (AvgIpc) is 3.19. The van der Waals surface area contributed by atoms with Crippen molar-refractivity contribution in [1.82, 2.24) is 5.32 Å². The molecule has 114 valence electrons. The molecular formula is C16H15BrN2O2S. The first-order chi connectivity index (χ1) is 10.5. The van der Waals surface area contributed by atoms with Gasteiger partial charge >= 0.3 is 0 Å². The monoisotopic (exact) mass is 378 g/mol. The number of nitrogens with one attached hydrogen (secondary N) is 2. The number of anilines is 1. The highest BCUT2D eigenvalue weighted by molar-refractivity contribution is 9.10. The van der Waals surface area contributed by atoms with Crippen molar-refractivity contribution in [3.05, 3.63) is 50.1 Å². The van der Waals surface area contributed by atoms with Crippen molar-refractivity contribution in [2.24, 2.45) is 0 Å². The predicted octanol–water partition coefficient (Wildman–Crippen LogP) is 3.96. The maximum absolute atomic E-state index is 12.2. The molecule has 1 saturated carbocycles. The van der Waals surface area contributed by atoms with Crippen LogP contribution in [0.3, 0.4) is 0 Å². The summed E-state index contributed by atoms with van der Waals surface area (Å²) in [5.41, 5.74) is 2.16. The largest absolute Gasteiger partial charge is 0.349 e. The molecule has 0 spiro atoms. The van der Waals surface area contributed by atoms with Crippen LogP contribution in [0.25, 0.3) is 0 Å². The molecule has 0 aliphatic heterocycles. The summed E-state index contributed by atoms with van der Waals surface area (Å²) in [6.07, 6.45) is 2.10. The number of benzene rings is 1. The highest BCUT2D eigenvalue weighted by Gasteiger charge is 2.24. The molecule has 0 atom stereocenters. The molecule has 1 heterocycles. The summed E-state index contributed by atoms with van der Waals surface area (Å²) < 4.78 is 0.886. The standard InChI is InChI=1S/C16H15BrN2O2S/c1-9-2-3-10(15(20)18-12-4-5-12)6-13(9)19-16(21)14-7-11(17)8-22-14/h2-3,6-8,12H,4-5H2,1H3,(H,18,20)(H,19,21). The number of amides is 2. The highest BCUT2D eigenvalue weighted by atomic mass is 79.9. The number of halogens is 1. The summed E-state index contributed by atoms with van der Waals surface area (Å²) in [6, 6.07) is 7.45. The van der Waals surface area contributed by atoms with E-state index < -0.39 is 0 Å². The third kappa shape index (κ3) is 3.56. The maximum Gasteiger partial charge on any atom is 0.265 e. The predicted molar refractivity (Wildman–Crippen MR) is 91.6 cm³/mol. The summed E-state index contributed by atoms with van der Waals surface area (Å²) in [5.74, 6) is -0.254. The smallest absolute Gasteiger partial charge is 0.265 e. The van der Waals surface area contributed by atoms with Crippen LogP contribution in [0.5, 0.6) is 0 Å². The number of carbonyl (C=O) groups excluding carboxylic acids is 2. The molecule has 6 heteroatoms. The van der Waals surface area contributed by atoms with Crippen LogP contribution in [0.4, 0.5) is 5.69 Å². The van der Waals surface area contributed by atoms with Crippen molar-refractivity contribution in [3.8, 4) is 0 Å². The Morgan fingerprint density at radius 2 is 2.00 bits per heavy atom. The topological polar surface area (TPSA) is 58.2 Å². The van der Waals surface area contributed by atoms with E-state index in [0.717, 1.165) is 22.9 Å². The number of aryl methyl sites for hydroxylation is 1. The van der Waals surface area contributed by atoms with Crippen LogP contribution >= 0.6 is 27.3 Å². The number of hydrogen-bond acceptors (Lipinski definition) is 3. The van der Waals surface area contributed by atoms with Gasteiger partial charge in [0.15, 0.2) is 0 Å². The first kappa shape index (κ1) is 15.2. The quantitative estimate of drug-likeness (QED) is 0.845. The maximum atomic E-state index is 12.2. The molecule has 0 unspecified atom stereocenters. The molecule has 1 aromatic heterocycles. The SMILES string of the molecule is Cc1ccc(C(=O)NC2CC2)cc1NC(=O)c1cc(Br)cs1. The van der Waals surface area contributed by atoms with Crippen molar-refractivity contribution in [3.63, 3.8) is 0 Å². The zero-order valence-electron chi connectivity index (χ0n) is 12.0. The van der Waals surface area contributed by atoms with E-state index in [1.54, 1.807) is 18.2 Å². The second-order valence-electron chi connectivity index (χ2n) is 5.36. The minimum absolute atomic E-state index is 0.0862. The third-order valence-electron chi connectivity index (χ3n) is 3.45. The van der Waals surface area contributed by atoms with Crippen LogP contribution in [0.2, 0.25) is 0 Å². The lowest BCUT2D eigenvalue weighted by atomic mass is 10.1. The van der Waals surface area contributed by atoms with E-state index in [1.807, 2.05) is 18.4 Å². The van der Waals surface area contributed by atoms with Crippen LogP contribution in [-0.2, 0) is 0 Å². The third-order valence-corrected chi connectivity index (χ3v) is 5.14. The van der Waals surface area contributed by atoms with Gasteiger partial charge < -0.3 is 10.6 Å². The summed E-state index contributed by atoms with van der Waals surface area (Å²) in [4.78, 5) is 24.9. The molecule has 1 aliphatic carbocycles. The normalized spacial score (nSPS) is 13.7. The van der Waals surface area contributed by atoms with E-state index in [1.165, 1.54) is 11.3 Å². The molecule has 2 aromatic rings. The minimum atomic E-state index is -0.168. The van der Waals surface area contributed by atoms with Gasteiger partial charge in [-0.15, -0.1) is 11.3 Å². The van der Waals surface area contributed by atoms with Crippen LogP contribution in [0.15, 0.2) is 34.1 Å². The second kappa shape index (κ2) is 6.22. The van der Waals surface area contributed by atoms with Crippen LogP contribution in [0, 0.1) is 6.92 Å². The molecule has 2 N–H and O–H groups in total. The Morgan fingerprint density at radius 3 is 2.64 bits per heavy atom. The van der Waals surface area contributed by atoms with E-state index >= 15 is 0 Å².